The van der Waals surface area contributed by atoms with E-state index in [0.717, 1.165) is 11.6 Å². The third-order valence-corrected chi connectivity index (χ3v) is 3.12. The lowest BCUT2D eigenvalue weighted by Gasteiger charge is -2.32. The standard InChI is InChI=1S/C8H15B.H2/c1-3-7-5-2-6-8(4-1)9-7;/h7-9H,1-6H2;1H. The van der Waals surface area contributed by atoms with Gasteiger partial charge in [0.25, 0.3) is 0 Å². The molecule has 52 valence electrons. The maximum Gasteiger partial charge on any atom is 0.127 e. The zero-order chi connectivity index (χ0) is 6.10. The molecule has 2 heterocycles. The quantitative estimate of drug-likeness (QED) is 0.435. The summed E-state index contributed by atoms with van der Waals surface area (Å²) in [4.78, 5) is 0. The Labute approximate surface area is 59.8 Å². The summed E-state index contributed by atoms with van der Waals surface area (Å²) < 4.78 is 0. The van der Waals surface area contributed by atoms with Gasteiger partial charge in [-0.1, -0.05) is 50.2 Å². The lowest BCUT2D eigenvalue weighted by Crippen LogP contribution is -2.21. The van der Waals surface area contributed by atoms with Crippen LogP contribution in [0, 0.1) is 0 Å². The minimum atomic E-state index is 0. The van der Waals surface area contributed by atoms with Gasteiger partial charge in [0.05, 0.1) is 0 Å². The van der Waals surface area contributed by atoms with Crippen molar-refractivity contribution in [2.24, 2.45) is 0 Å². The monoisotopic (exact) mass is 124 g/mol. The van der Waals surface area contributed by atoms with Crippen LogP contribution in [0.5, 0.6) is 0 Å². The fraction of sp³-hybridized carbons (Fsp3) is 1.00. The van der Waals surface area contributed by atoms with E-state index in [1.54, 1.807) is 33.0 Å². The minimum Gasteiger partial charge on any atom is -0.0654 e. The summed E-state index contributed by atoms with van der Waals surface area (Å²) in [5.74, 6) is 2.30. The van der Waals surface area contributed by atoms with Gasteiger partial charge in [-0.15, -0.1) is 0 Å². The molecule has 0 aliphatic carbocycles. The van der Waals surface area contributed by atoms with Crippen LogP contribution in [0.3, 0.4) is 0 Å². The average molecular weight is 124 g/mol. The summed E-state index contributed by atoms with van der Waals surface area (Å²) in [6.45, 7) is 0. The largest absolute Gasteiger partial charge is 0.127 e. The molecule has 2 fully saturated rings. The van der Waals surface area contributed by atoms with Crippen LogP contribution in [-0.2, 0) is 0 Å². The van der Waals surface area contributed by atoms with Crippen molar-refractivity contribution >= 4 is 7.28 Å². The topological polar surface area (TPSA) is 0 Å². The average Bonchev–Trinajstić information content (AvgIpc) is 1.88. The molecule has 0 atom stereocenters. The van der Waals surface area contributed by atoms with Crippen molar-refractivity contribution in [3.63, 3.8) is 0 Å². The van der Waals surface area contributed by atoms with Gasteiger partial charge in [-0.2, -0.15) is 0 Å². The van der Waals surface area contributed by atoms with Crippen LogP contribution >= 0.6 is 0 Å². The molecule has 0 unspecified atom stereocenters. The minimum absolute atomic E-state index is 0. The predicted octanol–water partition coefficient (Wildman–Crippen LogP) is 2.61. The van der Waals surface area contributed by atoms with Crippen LogP contribution in [0.4, 0.5) is 0 Å². The third-order valence-electron chi connectivity index (χ3n) is 3.12. The highest BCUT2D eigenvalue weighted by Gasteiger charge is 2.26. The molecule has 0 N–H and O–H groups in total. The first-order valence-electron chi connectivity index (χ1n) is 4.45. The summed E-state index contributed by atoms with van der Waals surface area (Å²) in [5.41, 5.74) is 0. The zero-order valence-electron chi connectivity index (χ0n) is 6.10. The lowest BCUT2D eigenvalue weighted by atomic mass is 9.44. The van der Waals surface area contributed by atoms with E-state index >= 15 is 0 Å². The Morgan fingerprint density at radius 2 is 1.33 bits per heavy atom. The molecule has 0 spiro atoms. The van der Waals surface area contributed by atoms with Crippen molar-refractivity contribution in [2.45, 2.75) is 50.2 Å². The van der Waals surface area contributed by atoms with E-state index in [1.165, 1.54) is 12.8 Å². The molecule has 2 rings (SSSR count). The van der Waals surface area contributed by atoms with Crippen LogP contribution in [0.1, 0.15) is 40.0 Å². The Bertz CT molecular complexity index is 85.4. The van der Waals surface area contributed by atoms with Gasteiger partial charge in [0.1, 0.15) is 7.28 Å². The Morgan fingerprint density at radius 3 is 1.67 bits per heavy atom. The summed E-state index contributed by atoms with van der Waals surface area (Å²) >= 11 is 0. The van der Waals surface area contributed by atoms with E-state index in [-0.39, 0.29) is 1.43 Å². The first-order valence-corrected chi connectivity index (χ1v) is 4.45. The highest BCUT2D eigenvalue weighted by Crippen LogP contribution is 2.40. The highest BCUT2D eigenvalue weighted by atomic mass is 14.2. The van der Waals surface area contributed by atoms with E-state index in [1.807, 2.05) is 0 Å². The molecule has 1 heteroatoms. The Balaban J connectivity index is 0.000000500. The molecule has 2 saturated heterocycles. The van der Waals surface area contributed by atoms with Crippen LogP contribution < -0.4 is 0 Å². The van der Waals surface area contributed by atoms with Gasteiger partial charge in [0, 0.05) is 1.43 Å². The Hall–Kier alpha value is 0.0649. The molecule has 0 radical (unpaired) electrons. The van der Waals surface area contributed by atoms with E-state index in [4.69, 9.17) is 0 Å². The number of hydrogen-bond acceptors (Lipinski definition) is 0. The maximum atomic E-state index is 1.58. The first kappa shape index (κ1) is 5.82. The SMILES string of the molecule is B1C2CCCC1CCC2.[HH]. The van der Waals surface area contributed by atoms with Crippen molar-refractivity contribution in [3.8, 4) is 0 Å². The second-order valence-electron chi connectivity index (χ2n) is 3.83. The van der Waals surface area contributed by atoms with E-state index < -0.39 is 0 Å². The lowest BCUT2D eigenvalue weighted by molar-refractivity contribution is 0.455. The smallest absolute Gasteiger partial charge is 0.0654 e. The molecule has 0 aromatic carbocycles. The molecular formula is C8H17B. The number of fused-ring (bicyclic) bond motifs is 2. The van der Waals surface area contributed by atoms with E-state index in [0.29, 0.717) is 0 Å². The first-order chi connectivity index (χ1) is 4.45. The normalized spacial score (nSPS) is 41.8. The van der Waals surface area contributed by atoms with Crippen molar-refractivity contribution in [2.75, 3.05) is 0 Å². The van der Waals surface area contributed by atoms with Gasteiger partial charge in [-0.25, -0.2) is 0 Å². The van der Waals surface area contributed by atoms with Crippen LogP contribution in [-0.4, -0.2) is 7.28 Å². The Morgan fingerprint density at radius 1 is 0.889 bits per heavy atom. The predicted molar refractivity (Wildman–Crippen MR) is 44.5 cm³/mol. The fourth-order valence-electron chi connectivity index (χ4n) is 2.62. The van der Waals surface area contributed by atoms with Gasteiger partial charge in [0.15, 0.2) is 0 Å². The van der Waals surface area contributed by atoms with Gasteiger partial charge in [-0.3, -0.25) is 0 Å². The van der Waals surface area contributed by atoms with Crippen molar-refractivity contribution in [1.82, 2.24) is 0 Å². The molecule has 0 aromatic rings. The fourth-order valence-corrected chi connectivity index (χ4v) is 2.62. The molecule has 2 bridgehead atoms. The summed E-state index contributed by atoms with van der Waals surface area (Å²) in [6.07, 6.45) is 9.28. The molecule has 9 heavy (non-hydrogen) atoms. The molecule has 0 amide bonds. The molecule has 0 aromatic heterocycles. The van der Waals surface area contributed by atoms with E-state index in [2.05, 4.69) is 0 Å². The molecule has 0 nitrogen and oxygen atoms in total. The molecule has 2 aliphatic rings. The zero-order valence-corrected chi connectivity index (χ0v) is 6.10. The van der Waals surface area contributed by atoms with Gasteiger partial charge in [-0.05, 0) is 0 Å². The third kappa shape index (κ3) is 1.15. The van der Waals surface area contributed by atoms with Gasteiger partial charge in [0.2, 0.25) is 0 Å². The highest BCUT2D eigenvalue weighted by molar-refractivity contribution is 6.40. The van der Waals surface area contributed by atoms with Crippen LogP contribution in [0.2, 0.25) is 11.6 Å². The molecular weight excluding hydrogens is 107 g/mol. The summed E-state index contributed by atoms with van der Waals surface area (Å²) in [6, 6.07) is 0. The second-order valence-corrected chi connectivity index (χ2v) is 3.83. The molecule has 2 aliphatic heterocycles. The number of rotatable bonds is 0. The van der Waals surface area contributed by atoms with Crippen molar-refractivity contribution in [1.29, 1.82) is 0 Å². The molecule has 0 saturated carbocycles. The second kappa shape index (κ2) is 2.36. The van der Waals surface area contributed by atoms with Gasteiger partial charge < -0.3 is 0 Å². The van der Waals surface area contributed by atoms with Crippen LogP contribution in [0.15, 0.2) is 0 Å². The summed E-state index contributed by atoms with van der Waals surface area (Å²) in [5, 5.41) is 0. The van der Waals surface area contributed by atoms with Gasteiger partial charge >= 0.3 is 0 Å². The maximum absolute atomic E-state index is 1.58. The van der Waals surface area contributed by atoms with Crippen molar-refractivity contribution < 1.29 is 1.43 Å². The Kier molecular flexibility index (Phi) is 1.53. The van der Waals surface area contributed by atoms with Crippen LogP contribution in [0.25, 0.3) is 0 Å². The van der Waals surface area contributed by atoms with E-state index in [9.17, 15) is 0 Å². The van der Waals surface area contributed by atoms with Crippen molar-refractivity contribution in [3.05, 3.63) is 0 Å². The number of hydrogen-bond donors (Lipinski definition) is 0. The summed E-state index contributed by atoms with van der Waals surface area (Å²) in [7, 11) is 1.58.